The Labute approximate surface area is 225 Å². The Kier molecular flexibility index (Phi) is 7.12. The molecule has 2 amide bonds. The van der Waals surface area contributed by atoms with Crippen LogP contribution in [-0.4, -0.2) is 49.8 Å². The Bertz CT molecular complexity index is 1390. The first-order chi connectivity index (χ1) is 18.9. The first-order valence-corrected chi connectivity index (χ1v) is 12.5. The molecular weight excluding hydrogens is 504 g/mol. The summed E-state index contributed by atoms with van der Waals surface area (Å²) in [5.74, 6) is -2.47. The standard InChI is InChI=1S/C29H28N2O8/c1-4-16-38-19-12-10-17(11-13-19)30-27(32)23-24(20-14-15-21(36-2)25(37-3)22(20)29(34)35)31(39-26(23)28(30)33)18-8-6-5-7-9-18/h5-15,23-24,26H,4,16H2,1-3H3,(H,34,35)/t23-,24-,26-/m0/s1. The van der Waals surface area contributed by atoms with Gasteiger partial charge in [0.1, 0.15) is 17.2 Å². The summed E-state index contributed by atoms with van der Waals surface area (Å²) in [6.45, 7) is 2.55. The fraction of sp³-hybridized carbons (Fsp3) is 0.276. The van der Waals surface area contributed by atoms with E-state index in [9.17, 15) is 19.5 Å². The van der Waals surface area contributed by atoms with E-state index in [1.807, 2.05) is 13.0 Å². The molecule has 1 N–H and O–H groups in total. The monoisotopic (exact) mass is 532 g/mol. The van der Waals surface area contributed by atoms with E-state index in [1.165, 1.54) is 19.3 Å². The predicted octanol–water partition coefficient (Wildman–Crippen LogP) is 4.24. The van der Waals surface area contributed by atoms with Crippen LogP contribution in [0.3, 0.4) is 0 Å². The topological polar surface area (TPSA) is 115 Å². The third kappa shape index (κ3) is 4.42. The van der Waals surface area contributed by atoms with Crippen LogP contribution in [0.2, 0.25) is 0 Å². The van der Waals surface area contributed by atoms with Gasteiger partial charge in [-0.05, 0) is 54.4 Å². The Morgan fingerprint density at radius 1 is 0.923 bits per heavy atom. The van der Waals surface area contributed by atoms with Gasteiger partial charge in [-0.25, -0.2) is 14.8 Å². The number of aromatic carboxylic acids is 1. The number of rotatable bonds is 9. The van der Waals surface area contributed by atoms with Crippen molar-refractivity contribution in [2.24, 2.45) is 5.92 Å². The van der Waals surface area contributed by atoms with Crippen molar-refractivity contribution in [3.05, 3.63) is 77.9 Å². The number of imide groups is 1. The van der Waals surface area contributed by atoms with Crippen molar-refractivity contribution < 1.29 is 38.5 Å². The molecule has 2 aliphatic heterocycles. The number of ether oxygens (including phenoxy) is 3. The summed E-state index contributed by atoms with van der Waals surface area (Å²) in [5.41, 5.74) is 1.02. The zero-order valence-corrected chi connectivity index (χ0v) is 21.7. The number of carbonyl (C=O) groups excluding carboxylic acids is 2. The Morgan fingerprint density at radius 3 is 2.26 bits per heavy atom. The van der Waals surface area contributed by atoms with Crippen LogP contribution in [0.15, 0.2) is 66.7 Å². The van der Waals surface area contributed by atoms with Crippen LogP contribution in [0.4, 0.5) is 11.4 Å². The predicted molar refractivity (Wildman–Crippen MR) is 141 cm³/mol. The van der Waals surface area contributed by atoms with Crippen LogP contribution >= 0.6 is 0 Å². The molecule has 3 aromatic rings. The number of hydrogen-bond acceptors (Lipinski definition) is 8. The van der Waals surface area contributed by atoms with Crippen molar-refractivity contribution in [1.29, 1.82) is 0 Å². The van der Waals surface area contributed by atoms with Gasteiger partial charge in [-0.3, -0.25) is 14.4 Å². The number of fused-ring (bicyclic) bond motifs is 1. The maximum Gasteiger partial charge on any atom is 0.339 e. The number of methoxy groups -OCH3 is 2. The summed E-state index contributed by atoms with van der Waals surface area (Å²) in [6.07, 6.45) is -0.312. The molecule has 2 heterocycles. The van der Waals surface area contributed by atoms with E-state index in [4.69, 9.17) is 19.0 Å². The molecule has 202 valence electrons. The number of carbonyl (C=O) groups is 3. The smallest absolute Gasteiger partial charge is 0.339 e. The number of carboxylic acid groups (broad SMARTS) is 1. The van der Waals surface area contributed by atoms with Gasteiger partial charge in [-0.1, -0.05) is 31.2 Å². The summed E-state index contributed by atoms with van der Waals surface area (Å²) in [4.78, 5) is 47.3. The van der Waals surface area contributed by atoms with Crippen LogP contribution in [-0.2, 0) is 14.4 Å². The summed E-state index contributed by atoms with van der Waals surface area (Å²) >= 11 is 0. The lowest BCUT2D eigenvalue weighted by molar-refractivity contribution is -0.126. The van der Waals surface area contributed by atoms with Gasteiger partial charge in [-0.2, -0.15) is 0 Å². The van der Waals surface area contributed by atoms with Gasteiger partial charge in [0.15, 0.2) is 17.6 Å². The number of anilines is 2. The molecule has 10 heteroatoms. The Balaban J connectivity index is 1.61. The Morgan fingerprint density at radius 2 is 1.64 bits per heavy atom. The molecule has 10 nitrogen and oxygen atoms in total. The summed E-state index contributed by atoms with van der Waals surface area (Å²) in [5, 5.41) is 11.7. The van der Waals surface area contributed by atoms with Crippen LogP contribution in [0, 0.1) is 5.92 Å². The zero-order chi connectivity index (χ0) is 27.7. The molecule has 0 unspecified atom stereocenters. The molecule has 2 aliphatic rings. The van der Waals surface area contributed by atoms with Crippen LogP contribution < -0.4 is 24.2 Å². The van der Waals surface area contributed by atoms with E-state index >= 15 is 0 Å². The molecular formula is C29H28N2O8. The molecule has 0 aliphatic carbocycles. The van der Waals surface area contributed by atoms with Crippen molar-refractivity contribution in [2.75, 3.05) is 30.8 Å². The minimum Gasteiger partial charge on any atom is -0.494 e. The molecule has 3 aromatic carbocycles. The van der Waals surface area contributed by atoms with Gasteiger partial charge in [-0.15, -0.1) is 0 Å². The number of carboxylic acids is 1. The number of amides is 2. The molecule has 2 saturated heterocycles. The number of nitrogens with zero attached hydrogens (tertiary/aromatic N) is 2. The Hall–Kier alpha value is -4.57. The van der Waals surface area contributed by atoms with Crippen LogP contribution in [0.25, 0.3) is 0 Å². The molecule has 0 spiro atoms. The van der Waals surface area contributed by atoms with E-state index in [1.54, 1.807) is 60.7 Å². The van der Waals surface area contributed by atoms with Gasteiger partial charge in [0, 0.05) is 0 Å². The molecule has 0 saturated carbocycles. The lowest BCUT2D eigenvalue weighted by atomic mass is 9.87. The molecule has 2 fully saturated rings. The normalized spacial score (nSPS) is 20.2. The highest BCUT2D eigenvalue weighted by molar-refractivity contribution is 6.24. The van der Waals surface area contributed by atoms with E-state index in [-0.39, 0.29) is 22.6 Å². The molecule has 0 bridgehead atoms. The fourth-order valence-electron chi connectivity index (χ4n) is 5.10. The minimum absolute atomic E-state index is 0.00950. The number of hydroxylamine groups is 1. The fourth-order valence-corrected chi connectivity index (χ4v) is 5.10. The van der Waals surface area contributed by atoms with E-state index < -0.39 is 35.8 Å². The van der Waals surface area contributed by atoms with E-state index in [0.717, 1.165) is 11.3 Å². The summed E-state index contributed by atoms with van der Waals surface area (Å²) in [7, 11) is 2.75. The van der Waals surface area contributed by atoms with Crippen molar-refractivity contribution in [3.8, 4) is 17.2 Å². The minimum atomic E-state index is -1.27. The average molecular weight is 533 g/mol. The largest absolute Gasteiger partial charge is 0.494 e. The zero-order valence-electron chi connectivity index (χ0n) is 21.7. The third-order valence-corrected chi connectivity index (χ3v) is 6.80. The quantitative estimate of drug-likeness (QED) is 0.404. The van der Waals surface area contributed by atoms with Gasteiger partial charge < -0.3 is 19.3 Å². The number of benzene rings is 3. The SMILES string of the molecule is CCCOc1ccc(N2C(=O)[C@@H]3[C@H](ON(c4ccccc4)[C@H]3c3ccc(OC)c(OC)c3C(=O)O)C2=O)cc1. The van der Waals surface area contributed by atoms with Gasteiger partial charge in [0.25, 0.3) is 5.91 Å². The number of hydrogen-bond donors (Lipinski definition) is 1. The molecule has 5 rings (SSSR count). The second-order valence-electron chi connectivity index (χ2n) is 9.08. The summed E-state index contributed by atoms with van der Waals surface area (Å²) < 4.78 is 16.4. The van der Waals surface area contributed by atoms with Crippen LogP contribution in [0.1, 0.15) is 35.3 Å². The van der Waals surface area contributed by atoms with Crippen molar-refractivity contribution in [3.63, 3.8) is 0 Å². The first-order valence-electron chi connectivity index (χ1n) is 12.5. The van der Waals surface area contributed by atoms with Gasteiger partial charge >= 0.3 is 5.97 Å². The lowest BCUT2D eigenvalue weighted by Gasteiger charge is -2.30. The first kappa shape index (κ1) is 26.1. The lowest BCUT2D eigenvalue weighted by Crippen LogP contribution is -2.37. The maximum absolute atomic E-state index is 13.9. The van der Waals surface area contributed by atoms with E-state index in [0.29, 0.717) is 23.7 Å². The van der Waals surface area contributed by atoms with Crippen molar-refractivity contribution in [1.82, 2.24) is 0 Å². The van der Waals surface area contributed by atoms with Crippen molar-refractivity contribution in [2.45, 2.75) is 25.5 Å². The molecule has 0 radical (unpaired) electrons. The second-order valence-corrected chi connectivity index (χ2v) is 9.08. The van der Waals surface area contributed by atoms with E-state index in [2.05, 4.69) is 0 Å². The highest BCUT2D eigenvalue weighted by atomic mass is 16.7. The third-order valence-electron chi connectivity index (χ3n) is 6.80. The molecule has 39 heavy (non-hydrogen) atoms. The van der Waals surface area contributed by atoms with Crippen LogP contribution in [0.5, 0.6) is 17.2 Å². The number of para-hydroxylation sites is 1. The maximum atomic E-state index is 13.9. The van der Waals surface area contributed by atoms with Gasteiger partial charge in [0.2, 0.25) is 5.91 Å². The van der Waals surface area contributed by atoms with Crippen molar-refractivity contribution >= 4 is 29.2 Å². The van der Waals surface area contributed by atoms with Gasteiger partial charge in [0.05, 0.1) is 38.2 Å². The summed E-state index contributed by atoms with van der Waals surface area (Å²) in [6, 6.07) is 17.8. The molecule has 3 atom stereocenters. The molecule has 0 aromatic heterocycles. The second kappa shape index (κ2) is 10.7. The highest BCUT2D eigenvalue weighted by Gasteiger charge is 2.61. The highest BCUT2D eigenvalue weighted by Crippen LogP contribution is 2.50. The average Bonchev–Trinajstić information content (AvgIpc) is 3.47.